The molecule has 1 aromatic heterocycles. The summed E-state index contributed by atoms with van der Waals surface area (Å²) in [6.07, 6.45) is 0.720. The molecule has 0 unspecified atom stereocenters. The number of carboxylic acid groups (broad SMARTS) is 1. The van der Waals surface area contributed by atoms with Gasteiger partial charge in [-0.15, -0.1) is 0 Å². The van der Waals surface area contributed by atoms with Crippen molar-refractivity contribution >= 4 is 16.0 Å². The lowest BCUT2D eigenvalue weighted by Gasteiger charge is -2.19. The highest BCUT2D eigenvalue weighted by Gasteiger charge is 2.29. The Morgan fingerprint density at radius 1 is 1.45 bits per heavy atom. The van der Waals surface area contributed by atoms with Gasteiger partial charge >= 0.3 is 11.7 Å². The van der Waals surface area contributed by atoms with Gasteiger partial charge in [0.2, 0.25) is 0 Å². The van der Waals surface area contributed by atoms with Crippen molar-refractivity contribution in [2.75, 3.05) is 26.8 Å². The summed E-state index contributed by atoms with van der Waals surface area (Å²) in [7, 11) is -3.04. The van der Waals surface area contributed by atoms with E-state index >= 15 is 0 Å². The van der Waals surface area contributed by atoms with Crippen molar-refractivity contribution in [2.45, 2.75) is 4.90 Å². The number of nitrogens with zero attached hydrogens (tertiary/aromatic N) is 1. The Bertz CT molecular complexity index is 690. The van der Waals surface area contributed by atoms with Gasteiger partial charge in [-0.05, 0) is 0 Å². The molecular formula is C9H13N3O7S. The Morgan fingerprint density at radius 2 is 2.10 bits per heavy atom. The van der Waals surface area contributed by atoms with Gasteiger partial charge in [0, 0.05) is 19.9 Å². The van der Waals surface area contributed by atoms with Gasteiger partial charge in [-0.25, -0.2) is 13.2 Å². The van der Waals surface area contributed by atoms with Crippen LogP contribution in [0, 0.1) is 0 Å². The Balaban J connectivity index is 3.24. The van der Waals surface area contributed by atoms with Gasteiger partial charge in [-0.2, -0.15) is 4.31 Å². The third kappa shape index (κ3) is 3.76. The van der Waals surface area contributed by atoms with Crippen LogP contribution in [0.15, 0.2) is 20.7 Å². The van der Waals surface area contributed by atoms with Crippen molar-refractivity contribution in [1.82, 2.24) is 14.3 Å². The van der Waals surface area contributed by atoms with Crippen LogP contribution in [0.25, 0.3) is 0 Å². The molecule has 0 aliphatic carbocycles. The van der Waals surface area contributed by atoms with Crippen molar-refractivity contribution in [3.63, 3.8) is 0 Å². The normalized spacial score (nSPS) is 11.7. The number of H-pyrrole nitrogens is 2. The summed E-state index contributed by atoms with van der Waals surface area (Å²) in [6.45, 7) is -1.12. The highest BCUT2D eigenvalue weighted by molar-refractivity contribution is 7.89. The minimum Gasteiger partial charge on any atom is -0.480 e. The summed E-state index contributed by atoms with van der Waals surface area (Å²) in [5.74, 6) is -1.38. The fourth-order valence-electron chi connectivity index (χ4n) is 1.36. The van der Waals surface area contributed by atoms with E-state index in [-0.39, 0.29) is 13.2 Å². The highest BCUT2D eigenvalue weighted by Crippen LogP contribution is 2.09. The van der Waals surface area contributed by atoms with Crippen molar-refractivity contribution in [1.29, 1.82) is 0 Å². The van der Waals surface area contributed by atoms with Crippen LogP contribution in [0.5, 0.6) is 0 Å². The number of carboxylic acids is 1. The van der Waals surface area contributed by atoms with Gasteiger partial charge in [0.25, 0.3) is 15.6 Å². The molecule has 3 N–H and O–H groups in total. The van der Waals surface area contributed by atoms with Crippen LogP contribution in [-0.4, -0.2) is 60.6 Å². The molecule has 0 saturated carbocycles. The molecule has 11 heteroatoms. The summed E-state index contributed by atoms with van der Waals surface area (Å²) in [5.41, 5.74) is -1.99. The Labute approximate surface area is 113 Å². The summed E-state index contributed by atoms with van der Waals surface area (Å²) in [6, 6.07) is 0. The largest absolute Gasteiger partial charge is 0.480 e. The first-order valence-electron chi connectivity index (χ1n) is 5.32. The molecule has 1 heterocycles. The Morgan fingerprint density at radius 3 is 2.60 bits per heavy atom. The maximum absolute atomic E-state index is 12.2. The molecule has 0 spiro atoms. The molecule has 0 aliphatic rings. The minimum atomic E-state index is -4.36. The van der Waals surface area contributed by atoms with Crippen molar-refractivity contribution < 1.29 is 23.1 Å². The number of hydrogen-bond acceptors (Lipinski definition) is 6. The van der Waals surface area contributed by atoms with E-state index < -0.39 is 38.7 Å². The topological polar surface area (TPSA) is 150 Å². The van der Waals surface area contributed by atoms with Crippen LogP contribution >= 0.6 is 0 Å². The third-order valence-electron chi connectivity index (χ3n) is 2.26. The molecule has 10 nitrogen and oxygen atoms in total. The summed E-state index contributed by atoms with van der Waals surface area (Å²) in [5, 5.41) is 8.72. The van der Waals surface area contributed by atoms with E-state index in [1.807, 2.05) is 4.98 Å². The van der Waals surface area contributed by atoms with Gasteiger partial charge in [0.05, 0.1) is 6.61 Å². The molecule has 1 aromatic rings. The fourth-order valence-corrected chi connectivity index (χ4v) is 2.72. The number of carbonyl (C=O) groups is 1. The van der Waals surface area contributed by atoms with Crippen LogP contribution in [0.3, 0.4) is 0 Å². The lowest BCUT2D eigenvalue weighted by Crippen LogP contribution is -2.41. The van der Waals surface area contributed by atoms with Gasteiger partial charge in [-0.3, -0.25) is 14.6 Å². The van der Waals surface area contributed by atoms with Crippen LogP contribution in [-0.2, 0) is 19.6 Å². The summed E-state index contributed by atoms with van der Waals surface area (Å²) >= 11 is 0. The smallest absolute Gasteiger partial charge is 0.325 e. The van der Waals surface area contributed by atoms with E-state index in [1.165, 1.54) is 7.11 Å². The molecule has 0 bridgehead atoms. The molecule has 0 radical (unpaired) electrons. The van der Waals surface area contributed by atoms with Crippen molar-refractivity contribution in [3.05, 3.63) is 27.0 Å². The number of nitrogens with one attached hydrogen (secondary N) is 2. The molecule has 112 valence electrons. The Hall–Kier alpha value is -1.98. The minimum absolute atomic E-state index is 0.0478. The number of methoxy groups -OCH3 is 1. The number of hydrogen-bond donors (Lipinski definition) is 3. The van der Waals surface area contributed by atoms with Crippen LogP contribution in [0.4, 0.5) is 0 Å². The lowest BCUT2D eigenvalue weighted by atomic mass is 10.6. The summed E-state index contributed by atoms with van der Waals surface area (Å²) in [4.78, 5) is 36.1. The van der Waals surface area contributed by atoms with E-state index in [0.717, 1.165) is 6.20 Å². The predicted octanol–water partition coefficient (Wildman–Crippen LogP) is -2.22. The first-order chi connectivity index (χ1) is 9.28. The van der Waals surface area contributed by atoms with Crippen LogP contribution in [0.2, 0.25) is 0 Å². The average Bonchev–Trinajstić information content (AvgIpc) is 2.33. The molecule has 0 saturated heterocycles. The maximum Gasteiger partial charge on any atom is 0.325 e. The molecule has 0 amide bonds. The van der Waals surface area contributed by atoms with Gasteiger partial charge in [0.1, 0.15) is 6.54 Å². The zero-order chi connectivity index (χ0) is 15.3. The fraction of sp³-hybridized carbons (Fsp3) is 0.444. The number of sulfonamides is 1. The van der Waals surface area contributed by atoms with Gasteiger partial charge < -0.3 is 14.8 Å². The van der Waals surface area contributed by atoms with Gasteiger partial charge in [-0.1, -0.05) is 0 Å². The molecule has 20 heavy (non-hydrogen) atoms. The highest BCUT2D eigenvalue weighted by atomic mass is 32.2. The molecular weight excluding hydrogens is 294 g/mol. The number of aliphatic carboxylic acids is 1. The zero-order valence-electron chi connectivity index (χ0n) is 10.5. The molecule has 0 fully saturated rings. The monoisotopic (exact) mass is 307 g/mol. The van der Waals surface area contributed by atoms with E-state index in [2.05, 4.69) is 0 Å². The molecule has 0 aromatic carbocycles. The average molecular weight is 307 g/mol. The standard InChI is InChI=1S/C9H13N3O7S/c1-19-3-2-12(5-7(13)14)20(17,18)6-4-10-9(16)11-8(6)15/h4H,2-3,5H2,1H3,(H,13,14)(H2,10,11,15,16). The SMILES string of the molecule is COCCN(CC(=O)O)S(=O)(=O)c1c[nH]c(=O)[nH]c1=O. The van der Waals surface area contributed by atoms with E-state index in [9.17, 15) is 22.8 Å². The maximum atomic E-state index is 12.2. The third-order valence-corrected chi connectivity index (χ3v) is 4.11. The number of aromatic amines is 2. The Kier molecular flexibility index (Phi) is 5.19. The van der Waals surface area contributed by atoms with E-state index in [4.69, 9.17) is 9.84 Å². The zero-order valence-corrected chi connectivity index (χ0v) is 11.3. The van der Waals surface area contributed by atoms with Crippen molar-refractivity contribution in [2.24, 2.45) is 0 Å². The number of rotatable bonds is 7. The number of aromatic nitrogens is 2. The molecule has 1 rings (SSSR count). The number of ether oxygens (including phenoxy) is 1. The van der Waals surface area contributed by atoms with Gasteiger partial charge in [0.15, 0.2) is 4.90 Å². The van der Waals surface area contributed by atoms with Crippen LogP contribution in [0.1, 0.15) is 0 Å². The molecule has 0 aliphatic heterocycles. The van der Waals surface area contributed by atoms with Crippen LogP contribution < -0.4 is 11.2 Å². The second-order valence-corrected chi connectivity index (χ2v) is 5.57. The van der Waals surface area contributed by atoms with Crippen molar-refractivity contribution in [3.8, 4) is 0 Å². The first-order valence-corrected chi connectivity index (χ1v) is 6.76. The van der Waals surface area contributed by atoms with E-state index in [0.29, 0.717) is 4.31 Å². The first kappa shape index (κ1) is 16.1. The quantitative estimate of drug-likeness (QED) is 0.516. The second-order valence-electron chi connectivity index (χ2n) is 3.66. The predicted molar refractivity (Wildman–Crippen MR) is 66.0 cm³/mol. The second kappa shape index (κ2) is 6.45. The van der Waals surface area contributed by atoms with E-state index in [1.54, 1.807) is 4.98 Å². The lowest BCUT2D eigenvalue weighted by molar-refractivity contribution is -0.137. The molecule has 0 atom stereocenters. The summed E-state index contributed by atoms with van der Waals surface area (Å²) < 4.78 is 29.6.